The summed E-state index contributed by atoms with van der Waals surface area (Å²) in [5.41, 5.74) is 1.44. The van der Waals surface area contributed by atoms with Crippen LogP contribution in [0.25, 0.3) is 11.3 Å². The van der Waals surface area contributed by atoms with Gasteiger partial charge < -0.3 is 19.4 Å². The number of furan rings is 1. The molecule has 2 aromatic carbocycles. The minimum atomic E-state index is -1.00. The summed E-state index contributed by atoms with van der Waals surface area (Å²) in [6.07, 6.45) is 0.332. The Morgan fingerprint density at radius 1 is 1.06 bits per heavy atom. The highest BCUT2D eigenvalue weighted by atomic mass is 16.5. The average molecular weight is 422 g/mol. The summed E-state index contributed by atoms with van der Waals surface area (Å²) in [5.74, 6) is 0.343. The van der Waals surface area contributed by atoms with Gasteiger partial charge in [0.15, 0.2) is 5.78 Å². The van der Waals surface area contributed by atoms with Crippen LogP contribution < -0.4 is 4.74 Å². The van der Waals surface area contributed by atoms with E-state index in [0.29, 0.717) is 40.4 Å². The van der Waals surface area contributed by atoms with Gasteiger partial charge in [0, 0.05) is 17.5 Å². The molecule has 0 fully saturated rings. The summed E-state index contributed by atoms with van der Waals surface area (Å²) in [4.78, 5) is 23.6. The lowest BCUT2D eigenvalue weighted by atomic mass is 9.87. The molecule has 0 spiro atoms. The van der Waals surface area contributed by atoms with Gasteiger partial charge in [-0.25, -0.2) is 4.79 Å². The fourth-order valence-corrected chi connectivity index (χ4v) is 3.20. The highest BCUT2D eigenvalue weighted by Crippen LogP contribution is 2.34. The number of ether oxygens (including phenoxy) is 1. The predicted octanol–water partition coefficient (Wildman–Crippen LogP) is 5.86. The molecule has 0 aliphatic heterocycles. The molecule has 3 rings (SSSR count). The van der Waals surface area contributed by atoms with Crippen LogP contribution in [-0.4, -0.2) is 22.0 Å². The fourth-order valence-electron chi connectivity index (χ4n) is 3.20. The van der Waals surface area contributed by atoms with Gasteiger partial charge in [0.25, 0.3) is 0 Å². The summed E-state index contributed by atoms with van der Waals surface area (Å²) in [7, 11) is 0. The zero-order valence-corrected chi connectivity index (χ0v) is 18.1. The van der Waals surface area contributed by atoms with Crippen LogP contribution in [-0.2, 0) is 6.61 Å². The number of aromatic carboxylic acids is 1. The molecule has 2 N–H and O–H groups in total. The molecule has 0 aliphatic rings. The first-order chi connectivity index (χ1) is 14.5. The first-order valence-corrected chi connectivity index (χ1v) is 9.96. The van der Waals surface area contributed by atoms with Crippen molar-refractivity contribution in [3.8, 4) is 22.8 Å². The van der Waals surface area contributed by atoms with Gasteiger partial charge >= 0.3 is 5.97 Å². The van der Waals surface area contributed by atoms with E-state index in [1.54, 1.807) is 49.4 Å². The number of aromatic hydroxyl groups is 1. The zero-order chi connectivity index (χ0) is 22.8. The molecule has 3 aromatic rings. The van der Waals surface area contributed by atoms with Crippen LogP contribution in [0.5, 0.6) is 11.5 Å². The molecule has 0 radical (unpaired) electrons. The van der Waals surface area contributed by atoms with Gasteiger partial charge in [0.05, 0.1) is 11.1 Å². The molecular formula is C25H26O6. The third kappa shape index (κ3) is 5.34. The molecule has 0 saturated carbocycles. The van der Waals surface area contributed by atoms with Gasteiger partial charge in [-0.2, -0.15) is 0 Å². The normalized spacial score (nSPS) is 11.4. The maximum absolute atomic E-state index is 12.5. The van der Waals surface area contributed by atoms with E-state index < -0.39 is 5.97 Å². The number of phenolic OH excluding ortho intramolecular Hbond substituents is 1. The largest absolute Gasteiger partial charge is 0.507 e. The van der Waals surface area contributed by atoms with Gasteiger partial charge in [0.2, 0.25) is 0 Å². The van der Waals surface area contributed by atoms with E-state index in [0.717, 1.165) is 0 Å². The minimum Gasteiger partial charge on any atom is -0.507 e. The van der Waals surface area contributed by atoms with Crippen molar-refractivity contribution in [2.24, 2.45) is 5.41 Å². The lowest BCUT2D eigenvalue weighted by molar-refractivity contribution is 0.0696. The summed E-state index contributed by atoms with van der Waals surface area (Å²) < 4.78 is 11.6. The van der Waals surface area contributed by atoms with Crippen LogP contribution in [0, 0.1) is 12.3 Å². The fraction of sp³-hybridized carbons (Fsp3) is 0.280. The molecule has 0 atom stereocenters. The van der Waals surface area contributed by atoms with E-state index >= 15 is 0 Å². The second-order valence-electron chi connectivity index (χ2n) is 8.69. The molecule has 0 unspecified atom stereocenters. The smallest absolute Gasteiger partial charge is 0.335 e. The van der Waals surface area contributed by atoms with Gasteiger partial charge in [-0.1, -0.05) is 32.9 Å². The summed E-state index contributed by atoms with van der Waals surface area (Å²) in [6.45, 7) is 7.74. The Kier molecular flexibility index (Phi) is 6.20. The van der Waals surface area contributed by atoms with E-state index in [1.807, 2.05) is 20.8 Å². The number of hydrogen-bond acceptors (Lipinski definition) is 5. The van der Waals surface area contributed by atoms with Gasteiger partial charge in [-0.05, 0) is 48.7 Å². The number of carbonyl (C=O) groups is 2. The van der Waals surface area contributed by atoms with Crippen LogP contribution in [0.15, 0.2) is 52.9 Å². The van der Waals surface area contributed by atoms with Crippen molar-refractivity contribution in [1.82, 2.24) is 0 Å². The van der Waals surface area contributed by atoms with E-state index in [1.165, 1.54) is 6.07 Å². The van der Waals surface area contributed by atoms with Crippen molar-refractivity contribution < 1.29 is 29.0 Å². The zero-order valence-electron chi connectivity index (χ0n) is 18.1. The maximum Gasteiger partial charge on any atom is 0.335 e. The number of rotatable bonds is 7. The standard InChI is InChI=1S/C25H26O6/c1-15-21(11-9-19(23(15)27)20(26)13-25(2,3)4)30-14-18-8-10-22(31-18)16-6-5-7-17(12-16)24(28)29/h5-12,27H,13-14H2,1-4H3,(H,28,29). The number of carboxylic acid groups (broad SMARTS) is 1. The molecule has 0 amide bonds. The Morgan fingerprint density at radius 2 is 1.81 bits per heavy atom. The Bertz CT molecular complexity index is 1120. The molecule has 1 aromatic heterocycles. The maximum atomic E-state index is 12.5. The molecule has 31 heavy (non-hydrogen) atoms. The lowest BCUT2D eigenvalue weighted by Crippen LogP contribution is -2.13. The summed E-state index contributed by atoms with van der Waals surface area (Å²) >= 11 is 0. The Labute approximate surface area is 181 Å². The lowest BCUT2D eigenvalue weighted by Gasteiger charge is -2.18. The molecule has 6 heteroatoms. The second-order valence-corrected chi connectivity index (χ2v) is 8.69. The highest BCUT2D eigenvalue weighted by molar-refractivity contribution is 5.99. The highest BCUT2D eigenvalue weighted by Gasteiger charge is 2.22. The van der Waals surface area contributed by atoms with Crippen molar-refractivity contribution in [3.05, 3.63) is 71.0 Å². The number of ketones is 1. The number of carboxylic acids is 1. The van der Waals surface area contributed by atoms with Crippen LogP contribution in [0.2, 0.25) is 0 Å². The van der Waals surface area contributed by atoms with Crippen LogP contribution >= 0.6 is 0 Å². The number of phenols is 1. The monoisotopic (exact) mass is 422 g/mol. The van der Waals surface area contributed by atoms with Crippen LogP contribution in [0.1, 0.15) is 59.2 Å². The molecule has 0 saturated heterocycles. The van der Waals surface area contributed by atoms with E-state index in [-0.39, 0.29) is 29.1 Å². The first kappa shape index (κ1) is 22.2. The van der Waals surface area contributed by atoms with Gasteiger partial charge in [0.1, 0.15) is 29.6 Å². The number of carbonyl (C=O) groups excluding carboxylic acids is 1. The Hall–Kier alpha value is -3.54. The molecule has 0 bridgehead atoms. The van der Waals surface area contributed by atoms with Crippen molar-refractivity contribution in [2.45, 2.75) is 40.7 Å². The molecule has 0 aliphatic carbocycles. The molecule has 1 heterocycles. The van der Waals surface area contributed by atoms with Crippen molar-refractivity contribution in [1.29, 1.82) is 0 Å². The van der Waals surface area contributed by atoms with Crippen LogP contribution in [0.4, 0.5) is 0 Å². The summed E-state index contributed by atoms with van der Waals surface area (Å²) in [6, 6.07) is 13.2. The predicted molar refractivity (Wildman–Crippen MR) is 117 cm³/mol. The van der Waals surface area contributed by atoms with Crippen molar-refractivity contribution in [2.75, 3.05) is 0 Å². The molecular weight excluding hydrogens is 396 g/mol. The Morgan fingerprint density at radius 3 is 2.48 bits per heavy atom. The van der Waals surface area contributed by atoms with Gasteiger partial charge in [-0.15, -0.1) is 0 Å². The number of benzene rings is 2. The third-order valence-corrected chi connectivity index (χ3v) is 4.80. The minimum absolute atomic E-state index is 0.0719. The van der Waals surface area contributed by atoms with Crippen LogP contribution in [0.3, 0.4) is 0 Å². The van der Waals surface area contributed by atoms with E-state index in [2.05, 4.69) is 0 Å². The van der Waals surface area contributed by atoms with Gasteiger partial charge in [-0.3, -0.25) is 4.79 Å². The number of Topliss-reactive ketones (excluding diaryl/α,β-unsaturated/α-hetero) is 1. The molecule has 6 nitrogen and oxygen atoms in total. The van der Waals surface area contributed by atoms with Crippen molar-refractivity contribution >= 4 is 11.8 Å². The molecule has 162 valence electrons. The second kappa shape index (κ2) is 8.68. The van der Waals surface area contributed by atoms with E-state index in [4.69, 9.17) is 14.3 Å². The quantitative estimate of drug-likeness (QED) is 0.463. The van der Waals surface area contributed by atoms with E-state index in [9.17, 15) is 14.7 Å². The third-order valence-electron chi connectivity index (χ3n) is 4.80. The summed E-state index contributed by atoms with van der Waals surface area (Å²) in [5, 5.41) is 19.6. The van der Waals surface area contributed by atoms with Crippen molar-refractivity contribution in [3.63, 3.8) is 0 Å². The first-order valence-electron chi connectivity index (χ1n) is 9.96. The topological polar surface area (TPSA) is 97.0 Å². The Balaban J connectivity index is 1.72. The SMILES string of the molecule is Cc1c(OCc2ccc(-c3cccc(C(=O)O)c3)o2)ccc(C(=O)CC(C)(C)C)c1O. The average Bonchev–Trinajstić information content (AvgIpc) is 3.17. The number of hydrogen-bond donors (Lipinski definition) is 2.